The van der Waals surface area contributed by atoms with Crippen LogP contribution >= 0.6 is 23.1 Å². The molecule has 0 aliphatic rings. The van der Waals surface area contributed by atoms with Crippen molar-refractivity contribution in [3.05, 3.63) is 52.2 Å². The van der Waals surface area contributed by atoms with Crippen molar-refractivity contribution in [1.82, 2.24) is 19.7 Å². The van der Waals surface area contributed by atoms with Gasteiger partial charge in [0.15, 0.2) is 5.16 Å². The quantitative estimate of drug-likeness (QED) is 0.401. The number of methoxy groups -OCH3 is 1. The summed E-state index contributed by atoms with van der Waals surface area (Å²) in [5.74, 6) is 0.634. The van der Waals surface area contributed by atoms with Crippen LogP contribution in [0.15, 0.2) is 41.1 Å². The lowest BCUT2D eigenvalue weighted by atomic mass is 10.2. The first-order chi connectivity index (χ1) is 13.6. The Kier molecular flexibility index (Phi) is 7.58. The second-order valence-electron chi connectivity index (χ2n) is 6.27. The van der Waals surface area contributed by atoms with Crippen molar-refractivity contribution in [2.45, 2.75) is 37.2 Å². The summed E-state index contributed by atoms with van der Waals surface area (Å²) in [5, 5.41) is 14.7. The minimum atomic E-state index is -0.0599. The Balaban J connectivity index is 1.48. The van der Waals surface area contributed by atoms with E-state index in [4.69, 9.17) is 4.74 Å². The highest BCUT2D eigenvalue weighted by molar-refractivity contribution is 7.98. The maximum Gasteiger partial charge on any atom is 0.231 e. The molecule has 2 heterocycles. The maximum atomic E-state index is 12.2. The average Bonchev–Trinajstić information content (AvgIpc) is 3.31. The number of aryl methyl sites for hydroxylation is 2. The van der Waals surface area contributed by atoms with E-state index in [1.165, 1.54) is 11.3 Å². The fourth-order valence-electron chi connectivity index (χ4n) is 2.50. The minimum absolute atomic E-state index is 0.0599. The number of carbonyl (C=O) groups excluding carboxylic acids is 1. The van der Waals surface area contributed by atoms with Crippen molar-refractivity contribution in [1.29, 1.82) is 0 Å². The smallest absolute Gasteiger partial charge is 0.231 e. The van der Waals surface area contributed by atoms with Crippen LogP contribution in [0.25, 0.3) is 0 Å². The molecule has 0 saturated heterocycles. The molecule has 148 valence electrons. The first kappa shape index (κ1) is 20.5. The zero-order valence-electron chi connectivity index (χ0n) is 15.9. The molecule has 9 heteroatoms. The van der Waals surface area contributed by atoms with Gasteiger partial charge < -0.3 is 14.6 Å². The van der Waals surface area contributed by atoms with Crippen molar-refractivity contribution in [3.8, 4) is 0 Å². The van der Waals surface area contributed by atoms with Gasteiger partial charge in [-0.2, -0.15) is 0 Å². The Labute approximate surface area is 172 Å². The topological polar surface area (TPSA) is 81.9 Å². The maximum absolute atomic E-state index is 12.2. The van der Waals surface area contributed by atoms with Gasteiger partial charge in [-0.15, -0.1) is 21.5 Å². The number of nitrogens with one attached hydrogen (secondary N) is 1. The van der Waals surface area contributed by atoms with Gasteiger partial charge in [-0.3, -0.25) is 4.79 Å². The number of benzene rings is 1. The summed E-state index contributed by atoms with van der Waals surface area (Å²) in [6.07, 6.45) is 2.93. The third-order valence-corrected chi connectivity index (χ3v) is 5.84. The molecule has 2 aromatic heterocycles. The third kappa shape index (κ3) is 6.15. The Morgan fingerprint density at radius 1 is 1.32 bits per heavy atom. The molecule has 1 amide bonds. The molecule has 0 atom stereocenters. The van der Waals surface area contributed by atoms with Gasteiger partial charge in [-0.05, 0) is 25.5 Å². The summed E-state index contributed by atoms with van der Waals surface area (Å²) in [4.78, 5) is 16.8. The number of anilines is 1. The molecule has 7 nitrogen and oxygen atoms in total. The summed E-state index contributed by atoms with van der Waals surface area (Å²) in [5.41, 5.74) is 2.91. The summed E-state index contributed by atoms with van der Waals surface area (Å²) < 4.78 is 7.10. The second kappa shape index (κ2) is 10.4. The predicted octanol–water partition coefficient (Wildman–Crippen LogP) is 3.55. The van der Waals surface area contributed by atoms with Crippen molar-refractivity contribution in [2.75, 3.05) is 19.0 Å². The fourth-order valence-corrected chi connectivity index (χ4v) is 4.24. The van der Waals surface area contributed by atoms with E-state index in [0.717, 1.165) is 40.1 Å². The molecule has 0 unspecified atom stereocenters. The first-order valence-corrected chi connectivity index (χ1v) is 10.8. The molecule has 1 N–H and O–H groups in total. The summed E-state index contributed by atoms with van der Waals surface area (Å²) in [7, 11) is 1.70. The van der Waals surface area contributed by atoms with Crippen LogP contribution in [-0.4, -0.2) is 39.4 Å². The lowest BCUT2D eigenvalue weighted by Gasteiger charge is -2.05. The number of nitrogens with zero attached hydrogens (tertiary/aromatic N) is 4. The van der Waals surface area contributed by atoms with Gasteiger partial charge in [0.05, 0.1) is 12.1 Å². The normalized spacial score (nSPS) is 10.9. The number of aromatic nitrogens is 4. The van der Waals surface area contributed by atoms with E-state index in [1.54, 1.807) is 25.2 Å². The lowest BCUT2D eigenvalue weighted by molar-refractivity contribution is -0.115. The Bertz CT molecular complexity index is 892. The van der Waals surface area contributed by atoms with Gasteiger partial charge in [0, 0.05) is 37.1 Å². The predicted molar refractivity (Wildman–Crippen MR) is 112 cm³/mol. The minimum Gasteiger partial charge on any atom is -0.385 e. The lowest BCUT2D eigenvalue weighted by Crippen LogP contribution is -2.14. The van der Waals surface area contributed by atoms with Gasteiger partial charge in [0.25, 0.3) is 0 Å². The number of thiazole rings is 1. The van der Waals surface area contributed by atoms with E-state index in [2.05, 4.69) is 20.5 Å². The van der Waals surface area contributed by atoms with Gasteiger partial charge in [-0.25, -0.2) is 4.98 Å². The van der Waals surface area contributed by atoms with Gasteiger partial charge in [0.2, 0.25) is 5.91 Å². The molecule has 28 heavy (non-hydrogen) atoms. The molecule has 0 bridgehead atoms. The van der Waals surface area contributed by atoms with Crippen LogP contribution in [0.1, 0.15) is 22.7 Å². The van der Waals surface area contributed by atoms with Crippen molar-refractivity contribution in [2.24, 2.45) is 0 Å². The summed E-state index contributed by atoms with van der Waals surface area (Å²) >= 11 is 3.10. The number of hydrogen-bond donors (Lipinski definition) is 1. The van der Waals surface area contributed by atoms with Gasteiger partial charge in [0.1, 0.15) is 11.3 Å². The molecule has 0 aliphatic carbocycles. The zero-order valence-corrected chi connectivity index (χ0v) is 17.6. The third-order valence-electron chi connectivity index (χ3n) is 3.92. The zero-order chi connectivity index (χ0) is 19.8. The number of carbonyl (C=O) groups is 1. The monoisotopic (exact) mass is 417 g/mol. The molecular formula is C19H23N5O2S2. The van der Waals surface area contributed by atoms with Crippen molar-refractivity contribution < 1.29 is 9.53 Å². The molecule has 3 aromatic rings. The average molecular weight is 418 g/mol. The molecule has 0 aliphatic heterocycles. The van der Waals surface area contributed by atoms with Crippen LogP contribution in [0.2, 0.25) is 0 Å². The molecule has 0 saturated carbocycles. The Hall–Kier alpha value is -2.23. The van der Waals surface area contributed by atoms with Crippen LogP contribution in [0.5, 0.6) is 0 Å². The molecule has 0 fully saturated rings. The fraction of sp³-hybridized carbons (Fsp3) is 0.368. The molecule has 3 rings (SSSR count). The van der Waals surface area contributed by atoms with E-state index in [-0.39, 0.29) is 12.3 Å². The Morgan fingerprint density at radius 3 is 2.93 bits per heavy atom. The molecule has 0 radical (unpaired) electrons. The number of rotatable bonds is 10. The highest BCUT2D eigenvalue weighted by atomic mass is 32.2. The second-order valence-corrected chi connectivity index (χ2v) is 8.15. The van der Waals surface area contributed by atoms with Crippen LogP contribution in [-0.2, 0) is 28.2 Å². The molecule has 0 spiro atoms. The van der Waals surface area contributed by atoms with E-state index in [0.29, 0.717) is 12.4 Å². The van der Waals surface area contributed by atoms with Gasteiger partial charge >= 0.3 is 0 Å². The highest BCUT2D eigenvalue weighted by Gasteiger charge is 2.11. The molecular weight excluding hydrogens is 394 g/mol. The van der Waals surface area contributed by atoms with Crippen LogP contribution in [0.3, 0.4) is 0 Å². The number of amides is 1. The van der Waals surface area contributed by atoms with E-state index >= 15 is 0 Å². The SMILES string of the molecule is COCCCn1cnnc1SCc1csc(CC(=O)Nc2ccc(C)cc2)n1. The Morgan fingerprint density at radius 2 is 2.14 bits per heavy atom. The highest BCUT2D eigenvalue weighted by Crippen LogP contribution is 2.22. The number of thioether (sulfide) groups is 1. The summed E-state index contributed by atoms with van der Waals surface area (Å²) in [6, 6.07) is 7.75. The van der Waals surface area contributed by atoms with Crippen LogP contribution in [0, 0.1) is 6.92 Å². The summed E-state index contributed by atoms with van der Waals surface area (Å²) in [6.45, 7) is 3.55. The van der Waals surface area contributed by atoms with Crippen LogP contribution < -0.4 is 5.32 Å². The largest absolute Gasteiger partial charge is 0.385 e. The number of ether oxygens (including phenoxy) is 1. The van der Waals surface area contributed by atoms with Crippen LogP contribution in [0.4, 0.5) is 5.69 Å². The van der Waals surface area contributed by atoms with E-state index in [9.17, 15) is 4.79 Å². The standard InChI is InChI=1S/C19H23N5O2S2/c1-14-4-6-15(7-5-14)21-17(25)10-18-22-16(11-27-18)12-28-19-23-20-13-24(19)8-3-9-26-2/h4-7,11,13H,3,8-10,12H2,1-2H3,(H,21,25). The van der Waals surface area contributed by atoms with Gasteiger partial charge in [-0.1, -0.05) is 29.5 Å². The van der Waals surface area contributed by atoms with E-state index < -0.39 is 0 Å². The molecule has 1 aromatic carbocycles. The first-order valence-electron chi connectivity index (χ1n) is 8.93. The number of hydrogen-bond acceptors (Lipinski definition) is 7. The van der Waals surface area contributed by atoms with Crippen molar-refractivity contribution in [3.63, 3.8) is 0 Å². The van der Waals surface area contributed by atoms with Crippen molar-refractivity contribution >= 4 is 34.7 Å². The van der Waals surface area contributed by atoms with E-state index in [1.807, 2.05) is 41.1 Å².